The van der Waals surface area contributed by atoms with Crippen LogP contribution in [0.4, 0.5) is 4.39 Å². The molecule has 0 amide bonds. The Morgan fingerprint density at radius 2 is 1.89 bits per heavy atom. The van der Waals surface area contributed by atoms with E-state index in [9.17, 15) is 9.18 Å². The molecule has 0 spiro atoms. The Bertz CT molecular complexity index is 1280. The van der Waals surface area contributed by atoms with Crippen LogP contribution in [-0.4, -0.2) is 24.7 Å². The Labute approximate surface area is 153 Å². The van der Waals surface area contributed by atoms with Crippen molar-refractivity contribution in [3.63, 3.8) is 0 Å². The second kappa shape index (κ2) is 5.22. The van der Waals surface area contributed by atoms with Crippen LogP contribution in [0.1, 0.15) is 48.9 Å². The maximum absolute atomic E-state index is 14.7. The van der Waals surface area contributed by atoms with Gasteiger partial charge >= 0.3 is 0 Å². The van der Waals surface area contributed by atoms with Crippen molar-refractivity contribution >= 4 is 21.9 Å². The summed E-state index contributed by atoms with van der Waals surface area (Å²) in [4.78, 5) is 22.5. The van der Waals surface area contributed by atoms with Crippen molar-refractivity contribution in [1.29, 1.82) is 0 Å². The molecule has 6 rings (SSSR count). The molecule has 2 aliphatic carbocycles. The molecule has 2 aliphatic rings. The van der Waals surface area contributed by atoms with Crippen molar-refractivity contribution < 1.29 is 4.39 Å². The molecule has 0 atom stereocenters. The van der Waals surface area contributed by atoms with Crippen molar-refractivity contribution in [2.24, 2.45) is 0 Å². The number of hydrogen-bond acceptors (Lipinski definition) is 4. The largest absolute Gasteiger partial charge is 0.282 e. The second-order valence-corrected chi connectivity index (χ2v) is 7.48. The molecule has 6 nitrogen and oxygen atoms in total. The Morgan fingerprint density at radius 3 is 2.67 bits per heavy atom. The summed E-state index contributed by atoms with van der Waals surface area (Å²) in [5, 5.41) is 7.97. The SMILES string of the molecule is O=c1c2[nH]ncc2c2cc(F)c(C3CC3)nc2n1-c1cccnc1C1CC1. The van der Waals surface area contributed by atoms with E-state index in [1.165, 1.54) is 6.07 Å². The normalized spacial score (nSPS) is 17.1. The summed E-state index contributed by atoms with van der Waals surface area (Å²) >= 11 is 0. The van der Waals surface area contributed by atoms with E-state index in [1.54, 1.807) is 17.0 Å². The summed E-state index contributed by atoms with van der Waals surface area (Å²) < 4.78 is 16.3. The summed E-state index contributed by atoms with van der Waals surface area (Å²) in [5.41, 5.74) is 2.69. The second-order valence-electron chi connectivity index (χ2n) is 7.48. The van der Waals surface area contributed by atoms with E-state index >= 15 is 0 Å². The van der Waals surface area contributed by atoms with E-state index in [0.29, 0.717) is 33.5 Å². The van der Waals surface area contributed by atoms with Crippen LogP contribution in [0, 0.1) is 5.82 Å². The molecule has 0 aromatic carbocycles. The first-order valence-corrected chi connectivity index (χ1v) is 9.26. The summed E-state index contributed by atoms with van der Waals surface area (Å²) in [6.07, 6.45) is 7.33. The lowest BCUT2D eigenvalue weighted by Gasteiger charge is -2.15. The molecule has 1 N–H and O–H groups in total. The van der Waals surface area contributed by atoms with Gasteiger partial charge in [-0.05, 0) is 43.9 Å². The molecule has 7 heteroatoms. The first kappa shape index (κ1) is 15.0. The standard InChI is InChI=1S/C20H16FN5O/c21-14-8-12-13-9-23-25-18(13)20(27)26(19(12)24-16(14)10-3-4-10)15-2-1-7-22-17(15)11-5-6-11/h1-2,7-11H,3-6H2,(H,23,25). The fraction of sp³-hybridized carbons (Fsp3) is 0.300. The number of fused-ring (bicyclic) bond motifs is 3. The van der Waals surface area contributed by atoms with Crippen LogP contribution in [0.25, 0.3) is 27.6 Å². The molecule has 4 heterocycles. The van der Waals surface area contributed by atoms with Crippen molar-refractivity contribution in [3.05, 3.63) is 58.2 Å². The number of rotatable bonds is 3. The quantitative estimate of drug-likeness (QED) is 0.605. The highest BCUT2D eigenvalue weighted by Crippen LogP contribution is 2.43. The van der Waals surface area contributed by atoms with Crippen LogP contribution in [0.15, 0.2) is 35.4 Å². The molecule has 0 saturated heterocycles. The van der Waals surface area contributed by atoms with Crippen LogP contribution in [-0.2, 0) is 0 Å². The van der Waals surface area contributed by atoms with E-state index in [1.807, 2.05) is 12.1 Å². The van der Waals surface area contributed by atoms with Gasteiger partial charge in [-0.3, -0.25) is 19.4 Å². The first-order chi connectivity index (χ1) is 13.2. The number of nitrogens with one attached hydrogen (secondary N) is 1. The molecule has 0 bridgehead atoms. The molecule has 27 heavy (non-hydrogen) atoms. The van der Waals surface area contributed by atoms with Gasteiger partial charge in [0, 0.05) is 28.8 Å². The highest BCUT2D eigenvalue weighted by molar-refractivity contribution is 6.03. The molecule has 134 valence electrons. The zero-order valence-electron chi connectivity index (χ0n) is 14.4. The van der Waals surface area contributed by atoms with Crippen molar-refractivity contribution in [1.82, 2.24) is 24.7 Å². The third-order valence-electron chi connectivity index (χ3n) is 5.53. The first-order valence-electron chi connectivity index (χ1n) is 9.26. The van der Waals surface area contributed by atoms with Gasteiger partial charge in [-0.15, -0.1) is 0 Å². The predicted molar refractivity (Wildman–Crippen MR) is 98.7 cm³/mol. The highest BCUT2D eigenvalue weighted by atomic mass is 19.1. The zero-order valence-corrected chi connectivity index (χ0v) is 14.4. The van der Waals surface area contributed by atoms with Crippen molar-refractivity contribution in [3.8, 4) is 5.69 Å². The topological polar surface area (TPSA) is 76.5 Å². The lowest BCUT2D eigenvalue weighted by Crippen LogP contribution is -2.22. The Balaban J connectivity index is 1.78. The average Bonchev–Trinajstić information content (AvgIpc) is 3.60. The predicted octanol–water partition coefficient (Wildman–Crippen LogP) is 3.55. The molecule has 2 fully saturated rings. The number of aromatic amines is 1. The minimum absolute atomic E-state index is 0.148. The van der Waals surface area contributed by atoms with Crippen LogP contribution >= 0.6 is 0 Å². The number of hydrogen-bond donors (Lipinski definition) is 1. The number of nitrogens with zero attached hydrogens (tertiary/aromatic N) is 4. The molecule has 0 radical (unpaired) electrons. The molecular formula is C20H16FN5O. The monoisotopic (exact) mass is 361 g/mol. The Kier molecular flexibility index (Phi) is 2.90. The van der Waals surface area contributed by atoms with E-state index in [0.717, 1.165) is 37.1 Å². The van der Waals surface area contributed by atoms with Crippen LogP contribution in [0.3, 0.4) is 0 Å². The van der Waals surface area contributed by atoms with Gasteiger partial charge in [-0.1, -0.05) is 0 Å². The number of pyridine rings is 3. The molecule has 0 aliphatic heterocycles. The smallest absolute Gasteiger partial charge is 0.272 e. The zero-order chi connectivity index (χ0) is 18.1. The molecule has 0 unspecified atom stereocenters. The Hall–Kier alpha value is -3.09. The molecular weight excluding hydrogens is 345 g/mol. The van der Waals surface area contributed by atoms with Gasteiger partial charge in [0.15, 0.2) is 0 Å². The average molecular weight is 361 g/mol. The van der Waals surface area contributed by atoms with E-state index in [4.69, 9.17) is 0 Å². The maximum Gasteiger partial charge on any atom is 0.282 e. The molecule has 4 aromatic heterocycles. The van der Waals surface area contributed by atoms with Crippen LogP contribution in [0.5, 0.6) is 0 Å². The molecule has 4 aromatic rings. The van der Waals surface area contributed by atoms with E-state index < -0.39 is 0 Å². The third kappa shape index (κ3) is 2.17. The van der Waals surface area contributed by atoms with Crippen molar-refractivity contribution in [2.45, 2.75) is 37.5 Å². The van der Waals surface area contributed by atoms with Gasteiger partial charge in [0.1, 0.15) is 17.0 Å². The van der Waals surface area contributed by atoms with Gasteiger partial charge in [0.25, 0.3) is 5.56 Å². The summed E-state index contributed by atoms with van der Waals surface area (Å²) in [7, 11) is 0. The van der Waals surface area contributed by atoms with Crippen LogP contribution < -0.4 is 5.56 Å². The third-order valence-corrected chi connectivity index (χ3v) is 5.53. The number of H-pyrrole nitrogens is 1. The number of aromatic nitrogens is 5. The minimum Gasteiger partial charge on any atom is -0.272 e. The fourth-order valence-corrected chi connectivity index (χ4v) is 3.86. The van der Waals surface area contributed by atoms with Gasteiger partial charge in [-0.2, -0.15) is 5.10 Å². The lowest BCUT2D eigenvalue weighted by atomic mass is 10.1. The maximum atomic E-state index is 14.7. The van der Waals surface area contributed by atoms with E-state index in [2.05, 4.69) is 20.2 Å². The summed E-state index contributed by atoms with van der Waals surface area (Å²) in [6, 6.07) is 5.21. The lowest BCUT2D eigenvalue weighted by molar-refractivity contribution is 0.603. The summed E-state index contributed by atoms with van der Waals surface area (Å²) in [5.74, 6) is 0.199. The highest BCUT2D eigenvalue weighted by Gasteiger charge is 2.31. The van der Waals surface area contributed by atoms with Gasteiger partial charge < -0.3 is 0 Å². The van der Waals surface area contributed by atoms with Gasteiger partial charge in [0.05, 0.1) is 23.3 Å². The summed E-state index contributed by atoms with van der Waals surface area (Å²) in [6.45, 7) is 0. The Morgan fingerprint density at radius 1 is 1.11 bits per heavy atom. The van der Waals surface area contributed by atoms with Gasteiger partial charge in [0.2, 0.25) is 0 Å². The van der Waals surface area contributed by atoms with E-state index in [-0.39, 0.29) is 17.3 Å². The van der Waals surface area contributed by atoms with Crippen molar-refractivity contribution in [2.75, 3.05) is 0 Å². The number of halogens is 1. The van der Waals surface area contributed by atoms with Gasteiger partial charge in [-0.25, -0.2) is 9.37 Å². The fourth-order valence-electron chi connectivity index (χ4n) is 3.86. The minimum atomic E-state index is -0.314. The molecule has 2 saturated carbocycles. The van der Waals surface area contributed by atoms with Crippen LogP contribution in [0.2, 0.25) is 0 Å².